The molecule has 1 nitrogen and oxygen atoms in total. The van der Waals surface area contributed by atoms with Crippen LogP contribution in [0.4, 0.5) is 0 Å². The van der Waals surface area contributed by atoms with Crippen LogP contribution in [0.2, 0.25) is 5.02 Å². The Balaban J connectivity index is 1.97. The van der Waals surface area contributed by atoms with Gasteiger partial charge < -0.3 is 5.73 Å². The predicted molar refractivity (Wildman–Crippen MR) is 85.9 cm³/mol. The van der Waals surface area contributed by atoms with Crippen molar-refractivity contribution in [3.05, 3.63) is 34.9 Å². The van der Waals surface area contributed by atoms with Gasteiger partial charge in [-0.2, -0.15) is 23.5 Å². The number of nitrogens with two attached hydrogens (primary N) is 1. The van der Waals surface area contributed by atoms with Gasteiger partial charge in [-0.05, 0) is 30.5 Å². The number of hydrogen-bond donors (Lipinski definition) is 1. The lowest BCUT2D eigenvalue weighted by Crippen LogP contribution is -2.43. The molecule has 4 heteroatoms. The van der Waals surface area contributed by atoms with Crippen LogP contribution in [0.3, 0.4) is 0 Å². The van der Waals surface area contributed by atoms with Gasteiger partial charge in [0, 0.05) is 33.1 Å². The number of hydrogen-bond acceptors (Lipinski definition) is 3. The van der Waals surface area contributed by atoms with Crippen LogP contribution >= 0.6 is 35.1 Å². The molecular weight excluding hydrogens is 282 g/mol. The monoisotopic (exact) mass is 301 g/mol. The highest BCUT2D eigenvalue weighted by Crippen LogP contribution is 2.35. The van der Waals surface area contributed by atoms with Crippen molar-refractivity contribution < 1.29 is 0 Å². The van der Waals surface area contributed by atoms with E-state index >= 15 is 0 Å². The van der Waals surface area contributed by atoms with E-state index in [1.165, 1.54) is 23.5 Å². The van der Waals surface area contributed by atoms with Gasteiger partial charge in [0.15, 0.2) is 0 Å². The van der Waals surface area contributed by atoms with Gasteiger partial charge in [0.25, 0.3) is 0 Å². The summed E-state index contributed by atoms with van der Waals surface area (Å²) in [5.74, 6) is 2.51. The molecule has 0 aliphatic carbocycles. The molecule has 0 aromatic heterocycles. The molecule has 0 spiro atoms. The van der Waals surface area contributed by atoms with Gasteiger partial charge in [0.05, 0.1) is 0 Å². The van der Waals surface area contributed by atoms with Gasteiger partial charge >= 0.3 is 0 Å². The molecule has 1 heterocycles. The summed E-state index contributed by atoms with van der Waals surface area (Å²) in [7, 11) is 0. The van der Waals surface area contributed by atoms with Crippen LogP contribution in [0.5, 0.6) is 0 Å². The van der Waals surface area contributed by atoms with Gasteiger partial charge in [-0.15, -0.1) is 0 Å². The summed E-state index contributed by atoms with van der Waals surface area (Å²) >= 11 is 10.0. The highest BCUT2D eigenvalue weighted by Gasteiger charge is 2.29. The van der Waals surface area contributed by atoms with Crippen LogP contribution < -0.4 is 5.73 Å². The van der Waals surface area contributed by atoms with E-state index in [1.807, 2.05) is 12.1 Å². The third-order valence-electron chi connectivity index (χ3n) is 3.30. The van der Waals surface area contributed by atoms with Crippen LogP contribution in [-0.2, 0) is 6.42 Å². The predicted octanol–water partition coefficient (Wildman–Crippen LogP) is 3.84. The molecule has 0 radical (unpaired) electrons. The molecule has 1 aromatic carbocycles. The lowest BCUT2D eigenvalue weighted by atomic mass is 10.0. The molecule has 3 atom stereocenters. The topological polar surface area (TPSA) is 26.0 Å². The van der Waals surface area contributed by atoms with Crippen molar-refractivity contribution in [1.82, 2.24) is 0 Å². The summed E-state index contributed by atoms with van der Waals surface area (Å²) in [6.45, 7) is 2.27. The first kappa shape index (κ1) is 14.6. The largest absolute Gasteiger partial charge is 0.326 e. The minimum Gasteiger partial charge on any atom is -0.326 e. The van der Waals surface area contributed by atoms with Crippen molar-refractivity contribution in [1.29, 1.82) is 0 Å². The van der Waals surface area contributed by atoms with Gasteiger partial charge in [-0.1, -0.05) is 30.7 Å². The first-order chi connectivity index (χ1) is 8.70. The van der Waals surface area contributed by atoms with Gasteiger partial charge in [-0.3, -0.25) is 0 Å². The maximum absolute atomic E-state index is 6.42. The number of thioether (sulfide) groups is 2. The Morgan fingerprint density at radius 1 is 1.28 bits per heavy atom. The molecule has 1 aliphatic heterocycles. The number of benzene rings is 1. The molecule has 2 rings (SSSR count). The molecule has 1 fully saturated rings. The van der Waals surface area contributed by atoms with E-state index in [4.69, 9.17) is 17.3 Å². The Kier molecular flexibility index (Phi) is 5.74. The zero-order valence-corrected chi connectivity index (χ0v) is 13.0. The molecule has 1 aromatic rings. The van der Waals surface area contributed by atoms with Crippen molar-refractivity contribution in [3.8, 4) is 0 Å². The standard InChI is InChI=1S/C14H20ClNS2/c1-2-13-14(18-8-7-17-13)12(16)9-10-3-5-11(15)6-4-10/h3-6,12-14H,2,7-9,16H2,1H3. The van der Waals surface area contributed by atoms with Crippen LogP contribution in [0.25, 0.3) is 0 Å². The third-order valence-corrected chi connectivity index (χ3v) is 6.98. The summed E-state index contributed by atoms with van der Waals surface area (Å²) in [6, 6.07) is 8.31. The Bertz CT molecular complexity index is 369. The second-order valence-corrected chi connectivity index (χ2v) is 7.72. The van der Waals surface area contributed by atoms with E-state index in [1.54, 1.807) is 0 Å². The Hall–Kier alpha value is 0.170. The van der Waals surface area contributed by atoms with Gasteiger partial charge in [-0.25, -0.2) is 0 Å². The maximum atomic E-state index is 6.42. The Morgan fingerprint density at radius 3 is 2.61 bits per heavy atom. The summed E-state index contributed by atoms with van der Waals surface area (Å²) in [6.07, 6.45) is 2.17. The Morgan fingerprint density at radius 2 is 1.94 bits per heavy atom. The van der Waals surface area contributed by atoms with Crippen LogP contribution in [0.15, 0.2) is 24.3 Å². The average Bonchev–Trinajstić information content (AvgIpc) is 2.41. The zero-order chi connectivity index (χ0) is 13.0. The number of rotatable bonds is 4. The summed E-state index contributed by atoms with van der Waals surface area (Å²) in [4.78, 5) is 0. The highest BCUT2D eigenvalue weighted by atomic mass is 35.5. The van der Waals surface area contributed by atoms with Crippen molar-refractivity contribution in [2.45, 2.75) is 36.3 Å². The maximum Gasteiger partial charge on any atom is 0.0406 e. The fourth-order valence-electron chi connectivity index (χ4n) is 2.34. The summed E-state index contributed by atoms with van der Waals surface area (Å²) in [5.41, 5.74) is 7.71. The molecule has 2 N–H and O–H groups in total. The normalized spacial score (nSPS) is 25.9. The highest BCUT2D eigenvalue weighted by molar-refractivity contribution is 8.07. The van der Waals surface area contributed by atoms with Crippen LogP contribution in [0, 0.1) is 0 Å². The van der Waals surface area contributed by atoms with E-state index in [-0.39, 0.29) is 6.04 Å². The molecule has 1 saturated heterocycles. The van der Waals surface area contributed by atoms with Gasteiger partial charge in [0.2, 0.25) is 0 Å². The second-order valence-electron chi connectivity index (χ2n) is 4.65. The Labute approximate surface area is 123 Å². The lowest BCUT2D eigenvalue weighted by molar-refractivity contribution is 0.597. The molecule has 0 bridgehead atoms. The van der Waals surface area contributed by atoms with Crippen molar-refractivity contribution in [2.24, 2.45) is 5.73 Å². The van der Waals surface area contributed by atoms with Crippen LogP contribution in [-0.4, -0.2) is 28.0 Å². The lowest BCUT2D eigenvalue weighted by Gasteiger charge is -2.34. The molecule has 1 aliphatic rings. The molecule has 3 unspecified atom stereocenters. The van der Waals surface area contributed by atoms with Crippen molar-refractivity contribution in [2.75, 3.05) is 11.5 Å². The average molecular weight is 302 g/mol. The first-order valence-corrected chi connectivity index (χ1v) is 8.91. The summed E-state index contributed by atoms with van der Waals surface area (Å²) in [5, 5.41) is 2.09. The quantitative estimate of drug-likeness (QED) is 0.915. The molecule has 18 heavy (non-hydrogen) atoms. The molecule has 0 amide bonds. The molecule has 0 saturated carbocycles. The smallest absolute Gasteiger partial charge is 0.0406 e. The minimum absolute atomic E-state index is 0.244. The summed E-state index contributed by atoms with van der Waals surface area (Å²) < 4.78 is 0. The van der Waals surface area contributed by atoms with Crippen molar-refractivity contribution >= 4 is 35.1 Å². The molecular formula is C14H20ClNS2. The minimum atomic E-state index is 0.244. The van der Waals surface area contributed by atoms with Crippen LogP contribution in [0.1, 0.15) is 18.9 Å². The number of halogens is 1. The fraction of sp³-hybridized carbons (Fsp3) is 0.571. The van der Waals surface area contributed by atoms with E-state index < -0.39 is 0 Å². The van der Waals surface area contributed by atoms with E-state index in [9.17, 15) is 0 Å². The zero-order valence-electron chi connectivity index (χ0n) is 10.6. The molecule has 100 valence electrons. The SMILES string of the molecule is CCC1SCCSC1C(N)Cc1ccc(Cl)cc1. The van der Waals surface area contributed by atoms with Gasteiger partial charge in [0.1, 0.15) is 0 Å². The third kappa shape index (κ3) is 3.83. The second kappa shape index (κ2) is 7.09. The van der Waals surface area contributed by atoms with E-state index in [0.29, 0.717) is 10.5 Å². The van der Waals surface area contributed by atoms with E-state index in [0.717, 1.165) is 11.4 Å². The first-order valence-electron chi connectivity index (χ1n) is 6.44. The van der Waals surface area contributed by atoms with Crippen molar-refractivity contribution in [3.63, 3.8) is 0 Å². The van der Waals surface area contributed by atoms with E-state index in [2.05, 4.69) is 42.6 Å². The fourth-order valence-corrected chi connectivity index (χ4v) is 5.66.